The summed E-state index contributed by atoms with van der Waals surface area (Å²) < 4.78 is 24.2. The Morgan fingerprint density at radius 1 is 1.50 bits per heavy atom. The lowest BCUT2D eigenvalue weighted by molar-refractivity contribution is 0.145. The van der Waals surface area contributed by atoms with E-state index in [-0.39, 0.29) is 18.0 Å². The third kappa shape index (κ3) is 1.98. The zero-order valence-corrected chi connectivity index (χ0v) is 6.59. The quantitative estimate of drug-likeness (QED) is 0.739. The Balaban J connectivity index is 3.06. The summed E-state index contributed by atoms with van der Waals surface area (Å²) in [4.78, 5) is 3.55. The maximum absolute atomic E-state index is 12.1. The highest BCUT2D eigenvalue weighted by atomic mass is 19.3. The van der Waals surface area contributed by atoms with Gasteiger partial charge in [0.15, 0.2) is 0 Å². The molecule has 0 aromatic carbocycles. The van der Waals surface area contributed by atoms with Crippen LogP contribution in [0.4, 0.5) is 8.78 Å². The minimum atomic E-state index is -2.57. The fraction of sp³-hybridized carbons (Fsp3) is 0.375. The molecule has 1 heterocycles. The zero-order valence-electron chi connectivity index (χ0n) is 6.59. The van der Waals surface area contributed by atoms with Crippen LogP contribution in [-0.2, 0) is 6.61 Å². The predicted octanol–water partition coefficient (Wildman–Crippen LogP) is 1.82. The van der Waals surface area contributed by atoms with E-state index in [1.54, 1.807) is 13.0 Å². The highest BCUT2D eigenvalue weighted by Gasteiger charge is 2.09. The molecule has 0 saturated heterocycles. The molecular formula is C8H9F2NO. The van der Waals surface area contributed by atoms with E-state index < -0.39 is 6.43 Å². The Bertz CT molecular complexity index is 276. The van der Waals surface area contributed by atoms with Crippen LogP contribution in [0.3, 0.4) is 0 Å². The Hall–Kier alpha value is -1.03. The minimum Gasteiger partial charge on any atom is -0.390 e. The van der Waals surface area contributed by atoms with Crippen molar-refractivity contribution in [1.29, 1.82) is 0 Å². The average molecular weight is 173 g/mol. The van der Waals surface area contributed by atoms with Gasteiger partial charge < -0.3 is 5.11 Å². The molecule has 0 aliphatic rings. The fourth-order valence-electron chi connectivity index (χ4n) is 0.961. The van der Waals surface area contributed by atoms with E-state index in [9.17, 15) is 8.78 Å². The Morgan fingerprint density at radius 3 is 2.67 bits per heavy atom. The minimum absolute atomic E-state index is 0.279. The molecule has 1 N–H and O–H groups in total. The summed E-state index contributed by atoms with van der Waals surface area (Å²) in [5.74, 6) is 0. The molecule has 4 heteroatoms. The summed E-state index contributed by atoms with van der Waals surface area (Å²) in [6.07, 6.45) is -2.57. The van der Waals surface area contributed by atoms with Crippen LogP contribution >= 0.6 is 0 Å². The first-order valence-electron chi connectivity index (χ1n) is 3.50. The Labute approximate surface area is 68.9 Å². The smallest absolute Gasteiger partial charge is 0.280 e. The number of aryl methyl sites for hydroxylation is 1. The van der Waals surface area contributed by atoms with E-state index in [0.29, 0.717) is 5.56 Å². The lowest BCUT2D eigenvalue weighted by Gasteiger charge is -2.02. The van der Waals surface area contributed by atoms with Gasteiger partial charge in [-0.05, 0) is 24.6 Å². The highest BCUT2D eigenvalue weighted by Crippen LogP contribution is 2.17. The molecule has 0 atom stereocenters. The molecule has 0 aliphatic heterocycles. The van der Waals surface area contributed by atoms with Crippen LogP contribution in [0.2, 0.25) is 0 Å². The third-order valence-electron chi connectivity index (χ3n) is 1.43. The molecule has 0 amide bonds. The van der Waals surface area contributed by atoms with Crippen LogP contribution in [0, 0.1) is 6.92 Å². The molecular weight excluding hydrogens is 164 g/mol. The summed E-state index contributed by atoms with van der Waals surface area (Å²) in [5, 5.41) is 8.66. The molecule has 0 spiro atoms. The van der Waals surface area contributed by atoms with Crippen molar-refractivity contribution in [2.75, 3.05) is 0 Å². The van der Waals surface area contributed by atoms with E-state index in [1.165, 1.54) is 6.07 Å². The van der Waals surface area contributed by atoms with E-state index in [4.69, 9.17) is 5.11 Å². The van der Waals surface area contributed by atoms with Gasteiger partial charge in [-0.15, -0.1) is 0 Å². The predicted molar refractivity (Wildman–Crippen MR) is 39.9 cm³/mol. The van der Waals surface area contributed by atoms with Crippen molar-refractivity contribution in [3.05, 3.63) is 29.1 Å². The summed E-state index contributed by atoms with van der Waals surface area (Å²) in [5.41, 5.74) is 0.689. The van der Waals surface area contributed by atoms with Crippen molar-refractivity contribution in [2.24, 2.45) is 0 Å². The Morgan fingerprint density at radius 2 is 2.17 bits per heavy atom. The molecule has 0 aliphatic carbocycles. The zero-order chi connectivity index (χ0) is 9.14. The number of pyridine rings is 1. The van der Waals surface area contributed by atoms with Crippen LogP contribution in [0.5, 0.6) is 0 Å². The topological polar surface area (TPSA) is 33.1 Å². The molecule has 0 fully saturated rings. The number of aliphatic hydroxyl groups excluding tert-OH is 1. The molecule has 2 nitrogen and oxygen atoms in total. The second kappa shape index (κ2) is 3.58. The van der Waals surface area contributed by atoms with Crippen LogP contribution in [0.15, 0.2) is 12.1 Å². The number of nitrogens with zero attached hydrogens (tertiary/aromatic N) is 1. The van der Waals surface area contributed by atoms with E-state index in [0.717, 1.165) is 0 Å². The summed E-state index contributed by atoms with van der Waals surface area (Å²) in [6.45, 7) is 1.38. The molecule has 0 saturated carbocycles. The maximum atomic E-state index is 12.1. The SMILES string of the molecule is Cc1cc(CO)nc(C(F)F)c1. The average Bonchev–Trinajstić information content (AvgIpc) is 2.03. The lowest BCUT2D eigenvalue weighted by Crippen LogP contribution is -1.97. The number of aromatic nitrogens is 1. The van der Waals surface area contributed by atoms with Crippen LogP contribution < -0.4 is 0 Å². The molecule has 0 radical (unpaired) electrons. The van der Waals surface area contributed by atoms with Crippen molar-refractivity contribution in [3.63, 3.8) is 0 Å². The molecule has 1 rings (SSSR count). The van der Waals surface area contributed by atoms with Crippen molar-refractivity contribution in [2.45, 2.75) is 20.0 Å². The van der Waals surface area contributed by atoms with Gasteiger partial charge in [0, 0.05) is 0 Å². The first-order chi connectivity index (χ1) is 5.63. The van der Waals surface area contributed by atoms with E-state index in [1.807, 2.05) is 0 Å². The normalized spacial score (nSPS) is 10.8. The molecule has 66 valence electrons. The number of hydrogen-bond acceptors (Lipinski definition) is 2. The maximum Gasteiger partial charge on any atom is 0.280 e. The summed E-state index contributed by atoms with van der Waals surface area (Å²) in [7, 11) is 0. The monoisotopic (exact) mass is 173 g/mol. The first kappa shape index (κ1) is 9.06. The number of halogens is 2. The second-order valence-electron chi connectivity index (χ2n) is 2.52. The van der Waals surface area contributed by atoms with Crippen molar-refractivity contribution >= 4 is 0 Å². The van der Waals surface area contributed by atoms with Crippen molar-refractivity contribution in [3.8, 4) is 0 Å². The van der Waals surface area contributed by atoms with Gasteiger partial charge in [0.05, 0.1) is 12.3 Å². The summed E-state index contributed by atoms with van der Waals surface area (Å²) in [6, 6.07) is 2.88. The molecule has 1 aromatic rings. The molecule has 0 unspecified atom stereocenters. The van der Waals surface area contributed by atoms with Crippen molar-refractivity contribution in [1.82, 2.24) is 4.98 Å². The fourth-order valence-corrected chi connectivity index (χ4v) is 0.961. The lowest BCUT2D eigenvalue weighted by atomic mass is 10.2. The summed E-state index contributed by atoms with van der Waals surface area (Å²) >= 11 is 0. The molecule has 12 heavy (non-hydrogen) atoms. The van der Waals surface area contributed by atoms with Crippen LogP contribution in [-0.4, -0.2) is 10.1 Å². The van der Waals surface area contributed by atoms with Gasteiger partial charge in [0.2, 0.25) is 0 Å². The van der Waals surface area contributed by atoms with Gasteiger partial charge in [-0.3, -0.25) is 0 Å². The van der Waals surface area contributed by atoms with Gasteiger partial charge in [-0.25, -0.2) is 13.8 Å². The van der Waals surface area contributed by atoms with Gasteiger partial charge in [-0.2, -0.15) is 0 Å². The van der Waals surface area contributed by atoms with Gasteiger partial charge in [0.1, 0.15) is 5.69 Å². The van der Waals surface area contributed by atoms with Crippen LogP contribution in [0.25, 0.3) is 0 Å². The van der Waals surface area contributed by atoms with Gasteiger partial charge in [-0.1, -0.05) is 0 Å². The Kier molecular flexibility index (Phi) is 2.70. The van der Waals surface area contributed by atoms with E-state index in [2.05, 4.69) is 4.98 Å². The standard InChI is InChI=1S/C8H9F2NO/c1-5-2-6(4-12)11-7(3-5)8(9)10/h2-3,8,12H,4H2,1H3. The van der Waals surface area contributed by atoms with Crippen molar-refractivity contribution < 1.29 is 13.9 Å². The molecule has 1 aromatic heterocycles. The first-order valence-corrected chi connectivity index (χ1v) is 3.50. The number of aliphatic hydroxyl groups is 1. The van der Waals surface area contributed by atoms with Gasteiger partial charge in [0.25, 0.3) is 6.43 Å². The number of hydrogen-bond donors (Lipinski definition) is 1. The highest BCUT2D eigenvalue weighted by molar-refractivity contribution is 5.20. The van der Waals surface area contributed by atoms with Gasteiger partial charge >= 0.3 is 0 Å². The number of rotatable bonds is 2. The number of alkyl halides is 2. The third-order valence-corrected chi connectivity index (χ3v) is 1.43. The van der Waals surface area contributed by atoms with Crippen LogP contribution in [0.1, 0.15) is 23.4 Å². The second-order valence-corrected chi connectivity index (χ2v) is 2.52. The molecule has 0 bridgehead atoms. The largest absolute Gasteiger partial charge is 0.390 e. The van der Waals surface area contributed by atoms with E-state index >= 15 is 0 Å².